The summed E-state index contributed by atoms with van der Waals surface area (Å²) in [5.41, 5.74) is 3.52. The van der Waals surface area contributed by atoms with Crippen LogP contribution in [0.3, 0.4) is 0 Å². The Kier molecular flexibility index (Phi) is 5.16. The van der Waals surface area contributed by atoms with Crippen molar-refractivity contribution in [2.24, 2.45) is 0 Å². The average molecular weight is 388 g/mol. The first-order chi connectivity index (χ1) is 14.1. The van der Waals surface area contributed by atoms with E-state index < -0.39 is 0 Å². The van der Waals surface area contributed by atoms with E-state index in [1.54, 1.807) is 7.11 Å². The Bertz CT molecular complexity index is 1000. The van der Waals surface area contributed by atoms with Crippen LogP contribution in [0.5, 0.6) is 5.75 Å². The number of nitrogens with zero attached hydrogens (tertiary/aromatic N) is 3. The topological polar surface area (TPSA) is 67.3 Å². The van der Waals surface area contributed by atoms with Crippen LogP contribution >= 0.6 is 0 Å². The van der Waals surface area contributed by atoms with Crippen molar-refractivity contribution in [1.82, 2.24) is 14.9 Å². The van der Waals surface area contributed by atoms with Crippen LogP contribution in [-0.2, 0) is 6.54 Å². The highest BCUT2D eigenvalue weighted by Crippen LogP contribution is 2.32. The standard InChI is InChI=1S/C23H24N4O2/c1-15(2)27-13-19-21(23(27)28)24-14-25-22(19)26-20(16-7-5-4-6-8-16)17-9-11-18(29-3)12-10-17/h4-12,14-15,20H,13H2,1-3H3,(H,24,25,26). The largest absolute Gasteiger partial charge is 0.497 e. The number of anilines is 1. The van der Waals surface area contributed by atoms with Gasteiger partial charge in [-0.2, -0.15) is 0 Å². The smallest absolute Gasteiger partial charge is 0.273 e. The Balaban J connectivity index is 1.72. The second-order valence-corrected chi connectivity index (χ2v) is 7.34. The molecule has 0 fully saturated rings. The van der Waals surface area contributed by atoms with Crippen LogP contribution < -0.4 is 10.1 Å². The van der Waals surface area contributed by atoms with Crippen molar-refractivity contribution in [3.8, 4) is 5.75 Å². The minimum absolute atomic E-state index is 0.0406. The monoisotopic (exact) mass is 388 g/mol. The second kappa shape index (κ2) is 7.91. The molecular formula is C23H24N4O2. The fourth-order valence-corrected chi connectivity index (χ4v) is 3.60. The van der Waals surface area contributed by atoms with Crippen molar-refractivity contribution in [3.63, 3.8) is 0 Å². The number of hydrogen-bond donors (Lipinski definition) is 1. The summed E-state index contributed by atoms with van der Waals surface area (Å²) >= 11 is 0. The van der Waals surface area contributed by atoms with E-state index in [-0.39, 0.29) is 18.0 Å². The molecule has 2 heterocycles. The molecule has 0 bridgehead atoms. The van der Waals surface area contributed by atoms with Crippen LogP contribution in [0.15, 0.2) is 60.9 Å². The van der Waals surface area contributed by atoms with Crippen LogP contribution in [0, 0.1) is 0 Å². The van der Waals surface area contributed by atoms with Crippen LogP contribution in [0.4, 0.5) is 5.82 Å². The second-order valence-electron chi connectivity index (χ2n) is 7.34. The molecule has 1 amide bonds. The molecule has 148 valence electrons. The van der Waals surface area contributed by atoms with Gasteiger partial charge in [-0.1, -0.05) is 42.5 Å². The molecule has 29 heavy (non-hydrogen) atoms. The number of carbonyl (C=O) groups is 1. The van der Waals surface area contributed by atoms with E-state index in [0.29, 0.717) is 18.1 Å². The molecule has 3 aromatic rings. The van der Waals surface area contributed by atoms with Gasteiger partial charge in [0, 0.05) is 11.6 Å². The number of fused-ring (bicyclic) bond motifs is 1. The minimum Gasteiger partial charge on any atom is -0.497 e. The van der Waals surface area contributed by atoms with Gasteiger partial charge in [0.1, 0.15) is 23.6 Å². The third-order valence-corrected chi connectivity index (χ3v) is 5.22. The highest BCUT2D eigenvalue weighted by molar-refractivity contribution is 5.97. The first-order valence-corrected chi connectivity index (χ1v) is 9.68. The van der Waals surface area contributed by atoms with Crippen molar-refractivity contribution in [1.29, 1.82) is 0 Å². The molecule has 6 heteroatoms. The lowest BCUT2D eigenvalue weighted by molar-refractivity contribution is 0.0726. The summed E-state index contributed by atoms with van der Waals surface area (Å²) in [6, 6.07) is 18.1. The highest BCUT2D eigenvalue weighted by Gasteiger charge is 2.33. The summed E-state index contributed by atoms with van der Waals surface area (Å²) < 4.78 is 5.30. The minimum atomic E-state index is -0.121. The molecule has 1 aliphatic rings. The predicted octanol–water partition coefficient (Wildman–Crippen LogP) is 4.05. The summed E-state index contributed by atoms with van der Waals surface area (Å²) in [7, 11) is 1.66. The summed E-state index contributed by atoms with van der Waals surface area (Å²) in [6.07, 6.45) is 1.46. The number of nitrogens with one attached hydrogen (secondary N) is 1. The molecule has 0 radical (unpaired) electrons. The van der Waals surface area contributed by atoms with Crippen molar-refractivity contribution >= 4 is 11.7 Å². The Morgan fingerprint density at radius 1 is 1.00 bits per heavy atom. The molecule has 0 saturated carbocycles. The average Bonchev–Trinajstić information content (AvgIpc) is 3.10. The normalized spacial score (nSPS) is 14.1. The number of aromatic nitrogens is 2. The lowest BCUT2D eigenvalue weighted by Crippen LogP contribution is -2.31. The highest BCUT2D eigenvalue weighted by atomic mass is 16.5. The fraction of sp³-hybridized carbons (Fsp3) is 0.261. The summed E-state index contributed by atoms with van der Waals surface area (Å²) in [5.74, 6) is 1.46. The van der Waals surface area contributed by atoms with Crippen LogP contribution in [-0.4, -0.2) is 33.9 Å². The van der Waals surface area contributed by atoms with Gasteiger partial charge in [0.2, 0.25) is 0 Å². The Morgan fingerprint density at radius 3 is 2.34 bits per heavy atom. The quantitative estimate of drug-likeness (QED) is 0.690. The Hall–Kier alpha value is -3.41. The molecule has 0 saturated heterocycles. The summed E-state index contributed by atoms with van der Waals surface area (Å²) in [4.78, 5) is 23.2. The molecule has 1 atom stereocenters. The van der Waals surface area contributed by atoms with Gasteiger partial charge >= 0.3 is 0 Å². The zero-order valence-electron chi connectivity index (χ0n) is 16.8. The SMILES string of the molecule is COc1ccc(C(Nc2ncnc3c2CN(C(C)C)C3=O)c2ccccc2)cc1. The van der Waals surface area contributed by atoms with Crippen molar-refractivity contribution in [2.75, 3.05) is 12.4 Å². The van der Waals surface area contributed by atoms with Gasteiger partial charge in [-0.05, 0) is 37.1 Å². The van der Waals surface area contributed by atoms with Crippen LogP contribution in [0.25, 0.3) is 0 Å². The lowest BCUT2D eigenvalue weighted by Gasteiger charge is -2.22. The number of amides is 1. The molecule has 1 aliphatic heterocycles. The van der Waals surface area contributed by atoms with Gasteiger partial charge in [0.15, 0.2) is 0 Å². The van der Waals surface area contributed by atoms with E-state index in [9.17, 15) is 4.79 Å². The third kappa shape index (κ3) is 3.66. The zero-order valence-corrected chi connectivity index (χ0v) is 16.8. The molecule has 2 aromatic carbocycles. The van der Waals surface area contributed by atoms with Crippen molar-refractivity contribution in [3.05, 3.63) is 83.3 Å². The van der Waals surface area contributed by atoms with E-state index in [0.717, 1.165) is 22.4 Å². The number of hydrogen-bond acceptors (Lipinski definition) is 5. The number of rotatable bonds is 6. The van der Waals surface area contributed by atoms with Gasteiger partial charge in [-0.25, -0.2) is 9.97 Å². The molecular weight excluding hydrogens is 364 g/mol. The first kappa shape index (κ1) is 18.9. The van der Waals surface area contributed by atoms with E-state index in [1.165, 1.54) is 6.33 Å². The maximum absolute atomic E-state index is 12.7. The van der Waals surface area contributed by atoms with Crippen LogP contribution in [0.2, 0.25) is 0 Å². The van der Waals surface area contributed by atoms with Gasteiger partial charge < -0.3 is 15.0 Å². The van der Waals surface area contributed by atoms with Gasteiger partial charge in [0.05, 0.1) is 19.7 Å². The van der Waals surface area contributed by atoms with Gasteiger partial charge in [-0.3, -0.25) is 4.79 Å². The number of methoxy groups -OCH3 is 1. The lowest BCUT2D eigenvalue weighted by atomic mass is 9.98. The van der Waals surface area contributed by atoms with E-state index in [1.807, 2.05) is 61.2 Å². The Morgan fingerprint density at radius 2 is 1.69 bits per heavy atom. The van der Waals surface area contributed by atoms with Gasteiger partial charge in [0.25, 0.3) is 5.91 Å². The number of carbonyl (C=O) groups excluding carboxylic acids is 1. The first-order valence-electron chi connectivity index (χ1n) is 9.68. The Labute approximate surface area is 170 Å². The van der Waals surface area contributed by atoms with Crippen molar-refractivity contribution in [2.45, 2.75) is 32.5 Å². The molecule has 1 N–H and O–H groups in total. The molecule has 1 unspecified atom stereocenters. The van der Waals surface area contributed by atoms with E-state index in [4.69, 9.17) is 4.74 Å². The fourth-order valence-electron chi connectivity index (χ4n) is 3.60. The summed E-state index contributed by atoms with van der Waals surface area (Å²) in [5, 5.41) is 3.56. The van der Waals surface area contributed by atoms with E-state index >= 15 is 0 Å². The molecule has 0 spiro atoms. The van der Waals surface area contributed by atoms with Crippen molar-refractivity contribution < 1.29 is 9.53 Å². The summed E-state index contributed by atoms with van der Waals surface area (Å²) in [6.45, 7) is 4.53. The van der Waals surface area contributed by atoms with E-state index in [2.05, 4.69) is 27.4 Å². The number of ether oxygens (including phenoxy) is 1. The van der Waals surface area contributed by atoms with Gasteiger partial charge in [-0.15, -0.1) is 0 Å². The predicted molar refractivity (Wildman–Crippen MR) is 112 cm³/mol. The zero-order chi connectivity index (χ0) is 20.4. The third-order valence-electron chi connectivity index (χ3n) is 5.22. The maximum atomic E-state index is 12.7. The van der Waals surface area contributed by atoms with Crippen LogP contribution in [0.1, 0.15) is 47.1 Å². The molecule has 1 aromatic heterocycles. The molecule has 6 nitrogen and oxygen atoms in total. The maximum Gasteiger partial charge on any atom is 0.273 e. The molecule has 0 aliphatic carbocycles. The number of benzene rings is 2. The molecule has 4 rings (SSSR count).